The van der Waals surface area contributed by atoms with Crippen LogP contribution in [-0.2, 0) is 16.6 Å². The Bertz CT molecular complexity index is 395. The van der Waals surface area contributed by atoms with Gasteiger partial charge in [0.15, 0.2) is 0 Å². The summed E-state index contributed by atoms with van der Waals surface area (Å²) in [7, 11) is -0.742. The third-order valence-electron chi connectivity index (χ3n) is 2.89. The Hall–Kier alpha value is -0.670. The highest BCUT2D eigenvalue weighted by Crippen LogP contribution is 2.11. The number of nitrogens with one attached hydrogen (secondary N) is 1. The fraction of sp³-hybridized carbons (Fsp3) is 0.625. The van der Waals surface area contributed by atoms with E-state index in [9.17, 15) is 4.21 Å². The number of aryl methyl sites for hydroxylation is 2. The van der Waals surface area contributed by atoms with Gasteiger partial charge in [-0.25, -0.2) is 0 Å². The van der Waals surface area contributed by atoms with Gasteiger partial charge < -0.3 is 5.32 Å². The lowest BCUT2D eigenvalue weighted by molar-refractivity contribution is 0.550. The van der Waals surface area contributed by atoms with Crippen molar-refractivity contribution in [2.24, 2.45) is 5.92 Å². The van der Waals surface area contributed by atoms with E-state index in [0.29, 0.717) is 11.7 Å². The number of benzene rings is 1. The van der Waals surface area contributed by atoms with Crippen molar-refractivity contribution in [2.75, 3.05) is 18.8 Å². The molecule has 0 aliphatic rings. The molecule has 0 aliphatic carbocycles. The molecule has 0 aliphatic heterocycles. The van der Waals surface area contributed by atoms with Crippen LogP contribution in [-0.4, -0.2) is 23.1 Å². The molecular weight excluding hydrogens is 254 g/mol. The molecule has 0 aromatic heterocycles. The highest BCUT2D eigenvalue weighted by Gasteiger charge is 2.03. The molecular formula is C16H27NOS. The van der Waals surface area contributed by atoms with Crippen LogP contribution in [0.5, 0.6) is 0 Å². The van der Waals surface area contributed by atoms with Crippen LogP contribution in [0.1, 0.15) is 37.0 Å². The monoisotopic (exact) mass is 281 g/mol. The van der Waals surface area contributed by atoms with Crippen molar-refractivity contribution in [3.8, 4) is 0 Å². The maximum atomic E-state index is 12.0. The first-order valence-electron chi connectivity index (χ1n) is 7.10. The fourth-order valence-corrected chi connectivity index (χ4v) is 3.31. The summed E-state index contributed by atoms with van der Waals surface area (Å²) in [5.74, 6) is 2.16. The average Bonchev–Trinajstić information content (AvgIpc) is 2.26. The highest BCUT2D eigenvalue weighted by atomic mass is 32.2. The van der Waals surface area contributed by atoms with Crippen LogP contribution in [0.3, 0.4) is 0 Å². The second-order valence-electron chi connectivity index (χ2n) is 5.74. The summed E-state index contributed by atoms with van der Waals surface area (Å²) in [4.78, 5) is 0. The first-order chi connectivity index (χ1) is 8.97. The maximum Gasteiger partial charge on any atom is 0.0485 e. The van der Waals surface area contributed by atoms with Crippen LogP contribution >= 0.6 is 0 Å². The molecule has 0 saturated carbocycles. The topological polar surface area (TPSA) is 29.1 Å². The molecule has 1 rings (SSSR count). The van der Waals surface area contributed by atoms with E-state index in [2.05, 4.69) is 51.2 Å². The van der Waals surface area contributed by atoms with Gasteiger partial charge in [-0.3, -0.25) is 4.21 Å². The number of hydrogen-bond acceptors (Lipinski definition) is 2. The van der Waals surface area contributed by atoms with Crippen molar-refractivity contribution in [2.45, 2.75) is 39.9 Å². The van der Waals surface area contributed by atoms with E-state index in [1.807, 2.05) is 0 Å². The fourth-order valence-electron chi connectivity index (χ4n) is 2.16. The minimum Gasteiger partial charge on any atom is -0.316 e. The molecule has 0 spiro atoms. The van der Waals surface area contributed by atoms with Crippen molar-refractivity contribution in [3.63, 3.8) is 0 Å². The second-order valence-corrected chi connectivity index (χ2v) is 7.31. The van der Waals surface area contributed by atoms with Crippen molar-refractivity contribution in [3.05, 3.63) is 34.9 Å². The average molecular weight is 281 g/mol. The number of rotatable bonds is 8. The molecule has 1 aromatic carbocycles. The van der Waals surface area contributed by atoms with Gasteiger partial charge in [0.2, 0.25) is 0 Å². The van der Waals surface area contributed by atoms with E-state index in [-0.39, 0.29) is 0 Å². The molecule has 19 heavy (non-hydrogen) atoms. The van der Waals surface area contributed by atoms with Crippen LogP contribution in [0.4, 0.5) is 0 Å². The molecule has 1 unspecified atom stereocenters. The van der Waals surface area contributed by atoms with E-state index >= 15 is 0 Å². The standard InChI is InChI=1S/C16H27NOS/c1-13(2)11-17-6-5-7-19(18)12-16-9-14(3)8-15(4)10-16/h8-10,13,17H,5-7,11-12H2,1-4H3. The van der Waals surface area contributed by atoms with E-state index in [0.717, 1.165) is 25.3 Å². The van der Waals surface area contributed by atoms with Crippen molar-refractivity contribution >= 4 is 10.8 Å². The number of hydrogen-bond donors (Lipinski definition) is 1. The zero-order valence-electron chi connectivity index (χ0n) is 12.7. The van der Waals surface area contributed by atoms with Gasteiger partial charge in [-0.05, 0) is 44.8 Å². The Morgan fingerprint density at radius 2 is 1.79 bits per heavy atom. The molecule has 108 valence electrons. The summed E-state index contributed by atoms with van der Waals surface area (Å²) in [6.07, 6.45) is 0.990. The SMILES string of the molecule is Cc1cc(C)cc(CS(=O)CCCNCC(C)C)c1. The Labute approximate surface area is 120 Å². The van der Waals surface area contributed by atoms with E-state index < -0.39 is 10.8 Å². The predicted octanol–water partition coefficient (Wildman–Crippen LogP) is 3.19. The van der Waals surface area contributed by atoms with Crippen LogP contribution in [0.2, 0.25) is 0 Å². The summed E-state index contributed by atoms with van der Waals surface area (Å²) in [5.41, 5.74) is 3.71. The van der Waals surface area contributed by atoms with Gasteiger partial charge in [-0.15, -0.1) is 0 Å². The minimum absolute atomic E-state index is 0.681. The Kier molecular flexibility index (Phi) is 7.32. The lowest BCUT2D eigenvalue weighted by atomic mass is 10.1. The maximum absolute atomic E-state index is 12.0. The van der Waals surface area contributed by atoms with Crippen LogP contribution < -0.4 is 5.32 Å². The molecule has 1 N–H and O–H groups in total. The van der Waals surface area contributed by atoms with Gasteiger partial charge in [0.25, 0.3) is 0 Å². The van der Waals surface area contributed by atoms with Gasteiger partial charge in [-0.2, -0.15) is 0 Å². The summed E-state index contributed by atoms with van der Waals surface area (Å²) >= 11 is 0. The minimum atomic E-state index is -0.742. The smallest absolute Gasteiger partial charge is 0.0485 e. The third-order valence-corrected chi connectivity index (χ3v) is 4.29. The first kappa shape index (κ1) is 16.4. The van der Waals surface area contributed by atoms with Crippen LogP contribution in [0.25, 0.3) is 0 Å². The summed E-state index contributed by atoms with van der Waals surface area (Å²) in [5, 5.41) is 3.39. The second kappa shape index (κ2) is 8.49. The van der Waals surface area contributed by atoms with Gasteiger partial charge in [-0.1, -0.05) is 43.2 Å². The molecule has 0 radical (unpaired) electrons. The Balaban J connectivity index is 2.27. The molecule has 2 nitrogen and oxygen atoms in total. The quantitative estimate of drug-likeness (QED) is 0.742. The predicted molar refractivity (Wildman–Crippen MR) is 85.0 cm³/mol. The van der Waals surface area contributed by atoms with E-state index in [4.69, 9.17) is 0 Å². The van der Waals surface area contributed by atoms with Crippen molar-refractivity contribution in [1.82, 2.24) is 5.32 Å². The van der Waals surface area contributed by atoms with Crippen molar-refractivity contribution in [1.29, 1.82) is 0 Å². The molecule has 1 aromatic rings. The normalized spacial score (nSPS) is 12.9. The summed E-state index contributed by atoms with van der Waals surface area (Å²) < 4.78 is 12.0. The van der Waals surface area contributed by atoms with Crippen LogP contribution in [0.15, 0.2) is 18.2 Å². The highest BCUT2D eigenvalue weighted by molar-refractivity contribution is 7.84. The van der Waals surface area contributed by atoms with E-state index in [1.54, 1.807) is 0 Å². The lowest BCUT2D eigenvalue weighted by Gasteiger charge is -2.08. The zero-order chi connectivity index (χ0) is 14.3. The molecule has 1 atom stereocenters. The van der Waals surface area contributed by atoms with Gasteiger partial charge >= 0.3 is 0 Å². The van der Waals surface area contributed by atoms with Crippen molar-refractivity contribution < 1.29 is 4.21 Å². The van der Waals surface area contributed by atoms with Gasteiger partial charge in [0, 0.05) is 22.3 Å². The van der Waals surface area contributed by atoms with Gasteiger partial charge in [0.1, 0.15) is 0 Å². The summed E-state index contributed by atoms with van der Waals surface area (Å²) in [6.45, 7) is 10.6. The molecule has 0 amide bonds. The first-order valence-corrected chi connectivity index (χ1v) is 8.59. The lowest BCUT2D eigenvalue weighted by Crippen LogP contribution is -2.22. The Morgan fingerprint density at radius 1 is 1.16 bits per heavy atom. The molecule has 0 fully saturated rings. The largest absolute Gasteiger partial charge is 0.316 e. The molecule has 0 bridgehead atoms. The van der Waals surface area contributed by atoms with E-state index in [1.165, 1.54) is 16.7 Å². The van der Waals surface area contributed by atoms with Crippen LogP contribution in [0, 0.1) is 19.8 Å². The molecule has 0 saturated heterocycles. The zero-order valence-corrected chi connectivity index (χ0v) is 13.5. The third kappa shape index (κ3) is 7.48. The summed E-state index contributed by atoms with van der Waals surface area (Å²) in [6, 6.07) is 6.44. The molecule has 0 heterocycles. The van der Waals surface area contributed by atoms with Gasteiger partial charge in [0.05, 0.1) is 0 Å². The Morgan fingerprint density at radius 3 is 2.37 bits per heavy atom. The molecule has 3 heteroatoms.